The molecule has 1 aliphatic rings. The van der Waals surface area contributed by atoms with Crippen LogP contribution in [0.1, 0.15) is 45.6 Å². The number of hydrogen-bond donors (Lipinski definition) is 2. The van der Waals surface area contributed by atoms with Gasteiger partial charge in [0.2, 0.25) is 10.0 Å². The van der Waals surface area contributed by atoms with Gasteiger partial charge in [-0.2, -0.15) is 4.72 Å². The van der Waals surface area contributed by atoms with Crippen molar-refractivity contribution in [3.05, 3.63) is 29.8 Å². The van der Waals surface area contributed by atoms with Crippen LogP contribution >= 0.6 is 0 Å². The van der Waals surface area contributed by atoms with Crippen LogP contribution in [0.25, 0.3) is 0 Å². The highest BCUT2D eigenvalue weighted by atomic mass is 32.2. The summed E-state index contributed by atoms with van der Waals surface area (Å²) in [5.74, 6) is -1.06. The number of nitrogens with one attached hydrogen (secondary N) is 2. The van der Waals surface area contributed by atoms with Crippen molar-refractivity contribution in [1.82, 2.24) is 10.0 Å². The molecule has 1 fully saturated rings. The van der Waals surface area contributed by atoms with Gasteiger partial charge in [0.05, 0.1) is 4.90 Å². The number of aryl methyl sites for hydroxylation is 1. The van der Waals surface area contributed by atoms with E-state index in [2.05, 4.69) is 10.0 Å². The molecule has 0 aromatic heterocycles. The van der Waals surface area contributed by atoms with E-state index in [1.54, 1.807) is 12.1 Å². The molecule has 0 unspecified atom stereocenters. The van der Waals surface area contributed by atoms with Crippen LogP contribution in [-0.4, -0.2) is 38.5 Å². The smallest absolute Gasteiger partial charge is 0.324 e. The Morgan fingerprint density at radius 3 is 2.26 bits per heavy atom. The molecular formula is C19H28N2O5S. The van der Waals surface area contributed by atoms with Gasteiger partial charge in [0.25, 0.3) is 5.91 Å². The SMILES string of the molecule is Cc1ccc(S(=O)(=O)N[C@@H](CC(C)C)C(=O)O[C@@H](C)C(=O)NC2CC2)cc1. The highest BCUT2D eigenvalue weighted by molar-refractivity contribution is 7.89. The third kappa shape index (κ3) is 6.62. The molecule has 1 aromatic carbocycles. The lowest BCUT2D eigenvalue weighted by molar-refractivity contribution is -0.156. The summed E-state index contributed by atoms with van der Waals surface area (Å²) in [6.07, 6.45) is 1.15. The van der Waals surface area contributed by atoms with E-state index in [-0.39, 0.29) is 29.2 Å². The summed E-state index contributed by atoms with van der Waals surface area (Å²) in [6.45, 7) is 7.10. The first kappa shape index (κ1) is 21.4. The normalized spacial score (nSPS) is 16.6. The molecule has 1 aromatic rings. The lowest BCUT2D eigenvalue weighted by Crippen LogP contribution is -2.45. The second kappa shape index (κ2) is 8.84. The van der Waals surface area contributed by atoms with E-state index in [9.17, 15) is 18.0 Å². The lowest BCUT2D eigenvalue weighted by Gasteiger charge is -2.21. The molecule has 2 rings (SSSR count). The van der Waals surface area contributed by atoms with E-state index < -0.39 is 28.1 Å². The Morgan fingerprint density at radius 2 is 1.74 bits per heavy atom. The van der Waals surface area contributed by atoms with Gasteiger partial charge in [0.15, 0.2) is 6.10 Å². The van der Waals surface area contributed by atoms with Gasteiger partial charge in [-0.25, -0.2) is 8.42 Å². The van der Waals surface area contributed by atoms with Crippen molar-refractivity contribution in [1.29, 1.82) is 0 Å². The standard InChI is InChI=1S/C19H28N2O5S/c1-12(2)11-17(19(23)26-14(4)18(22)20-15-7-8-15)21-27(24,25)16-9-5-13(3)6-10-16/h5-6,9-10,12,14-15,17,21H,7-8,11H2,1-4H3,(H,20,22)/t14-,17-/m0/s1. The Morgan fingerprint density at radius 1 is 1.15 bits per heavy atom. The summed E-state index contributed by atoms with van der Waals surface area (Å²) < 4.78 is 32.9. The van der Waals surface area contributed by atoms with Crippen molar-refractivity contribution < 1.29 is 22.7 Å². The van der Waals surface area contributed by atoms with E-state index in [4.69, 9.17) is 4.74 Å². The summed E-state index contributed by atoms with van der Waals surface area (Å²) in [6, 6.07) is 5.45. The average molecular weight is 397 g/mol. The van der Waals surface area contributed by atoms with Crippen molar-refractivity contribution in [2.75, 3.05) is 0 Å². The molecule has 1 amide bonds. The maximum Gasteiger partial charge on any atom is 0.324 e. The van der Waals surface area contributed by atoms with E-state index in [1.165, 1.54) is 19.1 Å². The van der Waals surface area contributed by atoms with Crippen LogP contribution in [-0.2, 0) is 24.3 Å². The molecule has 0 saturated heterocycles. The van der Waals surface area contributed by atoms with Crippen molar-refractivity contribution in [2.45, 2.75) is 70.0 Å². The molecule has 0 bridgehead atoms. The molecule has 7 nitrogen and oxygen atoms in total. The molecule has 0 spiro atoms. The summed E-state index contributed by atoms with van der Waals surface area (Å²) >= 11 is 0. The number of amides is 1. The Labute approximate surface area is 160 Å². The predicted octanol–water partition coefficient (Wildman–Crippen LogP) is 1.90. The number of sulfonamides is 1. The Bertz CT molecular complexity index is 770. The minimum absolute atomic E-state index is 0.0545. The monoisotopic (exact) mass is 396 g/mol. The van der Waals surface area contributed by atoms with Gasteiger partial charge in [-0.3, -0.25) is 9.59 Å². The van der Waals surface area contributed by atoms with Crippen LogP contribution in [0.4, 0.5) is 0 Å². The summed E-state index contributed by atoms with van der Waals surface area (Å²) in [5.41, 5.74) is 0.933. The fourth-order valence-corrected chi connectivity index (χ4v) is 3.69. The van der Waals surface area contributed by atoms with Gasteiger partial charge in [-0.1, -0.05) is 31.5 Å². The van der Waals surface area contributed by atoms with Crippen LogP contribution < -0.4 is 10.0 Å². The van der Waals surface area contributed by atoms with E-state index in [1.807, 2.05) is 20.8 Å². The van der Waals surface area contributed by atoms with Gasteiger partial charge in [0, 0.05) is 6.04 Å². The van der Waals surface area contributed by atoms with Crippen LogP contribution in [0.15, 0.2) is 29.2 Å². The quantitative estimate of drug-likeness (QED) is 0.621. The average Bonchev–Trinajstić information content (AvgIpc) is 3.37. The van der Waals surface area contributed by atoms with Gasteiger partial charge in [-0.15, -0.1) is 0 Å². The van der Waals surface area contributed by atoms with Gasteiger partial charge >= 0.3 is 5.97 Å². The molecule has 0 aliphatic heterocycles. The van der Waals surface area contributed by atoms with Crippen LogP contribution in [0.2, 0.25) is 0 Å². The van der Waals surface area contributed by atoms with Crippen molar-refractivity contribution in [2.24, 2.45) is 5.92 Å². The van der Waals surface area contributed by atoms with E-state index in [0.29, 0.717) is 0 Å². The third-order valence-electron chi connectivity index (χ3n) is 4.21. The number of hydrogen-bond acceptors (Lipinski definition) is 5. The number of rotatable bonds is 9. The van der Waals surface area contributed by atoms with Crippen molar-refractivity contribution in [3.63, 3.8) is 0 Å². The molecule has 27 heavy (non-hydrogen) atoms. The van der Waals surface area contributed by atoms with Crippen LogP contribution in [0.5, 0.6) is 0 Å². The molecule has 2 atom stereocenters. The molecular weight excluding hydrogens is 368 g/mol. The zero-order valence-corrected chi connectivity index (χ0v) is 17.0. The molecule has 1 saturated carbocycles. The zero-order valence-electron chi connectivity index (χ0n) is 16.2. The first-order chi connectivity index (χ1) is 12.6. The molecule has 0 heterocycles. The van der Waals surface area contributed by atoms with E-state index in [0.717, 1.165) is 18.4 Å². The molecule has 8 heteroatoms. The molecule has 2 N–H and O–H groups in total. The Hall–Kier alpha value is -1.93. The Kier molecular flexibility index (Phi) is 7.00. The van der Waals surface area contributed by atoms with E-state index >= 15 is 0 Å². The Balaban J connectivity index is 2.07. The summed E-state index contributed by atoms with van der Waals surface area (Å²) in [7, 11) is -3.88. The highest BCUT2D eigenvalue weighted by Gasteiger charge is 2.32. The van der Waals surface area contributed by atoms with Gasteiger partial charge in [-0.05, 0) is 51.2 Å². The summed E-state index contributed by atoms with van der Waals surface area (Å²) in [5, 5.41) is 2.76. The number of esters is 1. The van der Waals surface area contributed by atoms with Gasteiger partial charge < -0.3 is 10.1 Å². The second-order valence-electron chi connectivity index (χ2n) is 7.48. The first-order valence-corrected chi connectivity index (χ1v) is 10.7. The lowest BCUT2D eigenvalue weighted by atomic mass is 10.0. The molecule has 1 aliphatic carbocycles. The highest BCUT2D eigenvalue weighted by Crippen LogP contribution is 2.19. The second-order valence-corrected chi connectivity index (χ2v) is 9.19. The number of carbonyl (C=O) groups is 2. The number of ether oxygens (including phenoxy) is 1. The number of carbonyl (C=O) groups excluding carboxylic acids is 2. The van der Waals surface area contributed by atoms with Crippen LogP contribution in [0, 0.1) is 12.8 Å². The molecule has 0 radical (unpaired) electrons. The van der Waals surface area contributed by atoms with Crippen molar-refractivity contribution >= 4 is 21.9 Å². The summed E-state index contributed by atoms with van der Waals surface area (Å²) in [4.78, 5) is 24.6. The van der Waals surface area contributed by atoms with Gasteiger partial charge in [0.1, 0.15) is 6.04 Å². The minimum Gasteiger partial charge on any atom is -0.451 e. The maximum absolute atomic E-state index is 12.6. The third-order valence-corrected chi connectivity index (χ3v) is 5.69. The fourth-order valence-electron chi connectivity index (χ4n) is 2.49. The zero-order chi connectivity index (χ0) is 20.2. The maximum atomic E-state index is 12.6. The largest absolute Gasteiger partial charge is 0.451 e. The fraction of sp³-hybridized carbons (Fsp3) is 0.579. The van der Waals surface area contributed by atoms with Crippen molar-refractivity contribution in [3.8, 4) is 0 Å². The topological polar surface area (TPSA) is 102 Å². The number of benzene rings is 1. The minimum atomic E-state index is -3.88. The molecule has 150 valence electrons. The van der Waals surface area contributed by atoms with Crippen LogP contribution in [0.3, 0.4) is 0 Å². The predicted molar refractivity (Wildman–Crippen MR) is 101 cm³/mol. The first-order valence-electron chi connectivity index (χ1n) is 9.18.